The summed E-state index contributed by atoms with van der Waals surface area (Å²) in [4.78, 5) is 12.2. The van der Waals surface area contributed by atoms with Crippen LogP contribution in [0.3, 0.4) is 0 Å². The molecule has 1 saturated carbocycles. The van der Waals surface area contributed by atoms with Crippen molar-refractivity contribution in [2.45, 2.75) is 56.6 Å². The number of amides is 1. The van der Waals surface area contributed by atoms with Crippen LogP contribution in [0.5, 0.6) is 5.75 Å². The van der Waals surface area contributed by atoms with Gasteiger partial charge in [-0.3, -0.25) is 4.79 Å². The first kappa shape index (κ1) is 15.3. The lowest BCUT2D eigenvalue weighted by atomic mass is 9.78. The standard InChI is InChI=1S/C17H22FNO3/c18-15-10-13(20)4-5-14(15)16(21)19-12-6-9-22-17(11-12)7-2-1-3-8-17/h4-5,10,12,20H,1-3,6-9,11H2,(H,19,21). The number of carbonyl (C=O) groups excluding carboxylic acids is 1. The van der Waals surface area contributed by atoms with E-state index in [4.69, 9.17) is 4.74 Å². The van der Waals surface area contributed by atoms with E-state index in [2.05, 4.69) is 5.32 Å². The van der Waals surface area contributed by atoms with Crippen LogP contribution in [0.1, 0.15) is 55.3 Å². The molecule has 22 heavy (non-hydrogen) atoms. The van der Waals surface area contributed by atoms with E-state index in [1.165, 1.54) is 31.4 Å². The van der Waals surface area contributed by atoms with Crippen molar-refractivity contribution in [1.29, 1.82) is 0 Å². The molecule has 1 unspecified atom stereocenters. The van der Waals surface area contributed by atoms with E-state index < -0.39 is 11.7 Å². The van der Waals surface area contributed by atoms with Gasteiger partial charge in [0.25, 0.3) is 5.91 Å². The van der Waals surface area contributed by atoms with E-state index >= 15 is 0 Å². The molecule has 1 aromatic rings. The quantitative estimate of drug-likeness (QED) is 0.882. The molecule has 1 saturated heterocycles. The molecular weight excluding hydrogens is 285 g/mol. The third kappa shape index (κ3) is 3.24. The van der Waals surface area contributed by atoms with E-state index in [0.29, 0.717) is 6.61 Å². The molecule has 2 aliphatic rings. The molecule has 0 aromatic heterocycles. The Kier molecular flexibility index (Phi) is 4.34. The Balaban J connectivity index is 1.66. The average molecular weight is 307 g/mol. The average Bonchev–Trinajstić information content (AvgIpc) is 2.48. The van der Waals surface area contributed by atoms with E-state index in [1.807, 2.05) is 0 Å². The molecule has 3 rings (SSSR count). The molecule has 1 atom stereocenters. The molecule has 120 valence electrons. The minimum absolute atomic E-state index is 0.0209. The SMILES string of the molecule is O=C(NC1CCOC2(CCCCC2)C1)c1ccc(O)cc1F. The van der Waals surface area contributed by atoms with Crippen LogP contribution < -0.4 is 5.32 Å². The van der Waals surface area contributed by atoms with Gasteiger partial charge < -0.3 is 15.2 Å². The zero-order chi connectivity index (χ0) is 15.6. The maximum atomic E-state index is 13.8. The van der Waals surface area contributed by atoms with Crippen LogP contribution in [0.25, 0.3) is 0 Å². The predicted molar refractivity (Wildman–Crippen MR) is 80.3 cm³/mol. The topological polar surface area (TPSA) is 58.6 Å². The van der Waals surface area contributed by atoms with Gasteiger partial charge in [-0.25, -0.2) is 4.39 Å². The Labute approximate surface area is 129 Å². The third-order valence-electron chi connectivity index (χ3n) is 4.79. The van der Waals surface area contributed by atoms with Gasteiger partial charge >= 0.3 is 0 Å². The Morgan fingerprint density at radius 2 is 2.09 bits per heavy atom. The highest BCUT2D eigenvalue weighted by molar-refractivity contribution is 5.94. The molecule has 0 radical (unpaired) electrons. The van der Waals surface area contributed by atoms with E-state index in [0.717, 1.165) is 31.7 Å². The van der Waals surface area contributed by atoms with Gasteiger partial charge in [0.15, 0.2) is 0 Å². The van der Waals surface area contributed by atoms with Crippen LogP contribution in [0.15, 0.2) is 18.2 Å². The summed E-state index contributed by atoms with van der Waals surface area (Å²) in [5.74, 6) is -1.30. The molecule has 1 aromatic carbocycles. The van der Waals surface area contributed by atoms with Crippen LogP contribution in [0.2, 0.25) is 0 Å². The highest BCUT2D eigenvalue weighted by Gasteiger charge is 2.39. The van der Waals surface area contributed by atoms with Gasteiger partial charge in [-0.1, -0.05) is 19.3 Å². The largest absolute Gasteiger partial charge is 0.508 e. The lowest BCUT2D eigenvalue weighted by Crippen LogP contribution is -2.49. The van der Waals surface area contributed by atoms with Crippen LogP contribution in [-0.4, -0.2) is 29.3 Å². The number of halogens is 1. The summed E-state index contributed by atoms with van der Waals surface area (Å²) in [5, 5.41) is 12.1. The van der Waals surface area contributed by atoms with Gasteiger partial charge in [-0.15, -0.1) is 0 Å². The summed E-state index contributed by atoms with van der Waals surface area (Å²) < 4.78 is 19.8. The number of rotatable bonds is 2. The Morgan fingerprint density at radius 3 is 2.82 bits per heavy atom. The number of ether oxygens (including phenoxy) is 1. The zero-order valence-corrected chi connectivity index (χ0v) is 12.6. The first-order chi connectivity index (χ1) is 10.6. The number of carbonyl (C=O) groups is 1. The van der Waals surface area contributed by atoms with Crippen molar-refractivity contribution in [3.8, 4) is 5.75 Å². The minimum atomic E-state index is -0.697. The molecule has 1 aliphatic carbocycles. The number of hydrogen-bond acceptors (Lipinski definition) is 3. The molecule has 4 nitrogen and oxygen atoms in total. The second-order valence-electron chi connectivity index (χ2n) is 6.42. The van der Waals surface area contributed by atoms with Gasteiger partial charge in [0.05, 0.1) is 11.2 Å². The number of benzene rings is 1. The smallest absolute Gasteiger partial charge is 0.254 e. The van der Waals surface area contributed by atoms with Crippen molar-refractivity contribution in [2.24, 2.45) is 0 Å². The van der Waals surface area contributed by atoms with E-state index in [-0.39, 0.29) is 23.0 Å². The predicted octanol–water partition coefficient (Wildman–Crippen LogP) is 3.14. The van der Waals surface area contributed by atoms with E-state index in [1.54, 1.807) is 0 Å². The van der Waals surface area contributed by atoms with Crippen molar-refractivity contribution in [3.63, 3.8) is 0 Å². The molecule has 2 N–H and O–H groups in total. The fourth-order valence-electron chi connectivity index (χ4n) is 3.65. The first-order valence-electron chi connectivity index (χ1n) is 8.01. The number of phenolic OH excluding ortho intramolecular Hbond substituents is 1. The lowest BCUT2D eigenvalue weighted by molar-refractivity contribution is -0.107. The highest BCUT2D eigenvalue weighted by atomic mass is 19.1. The first-order valence-corrected chi connectivity index (χ1v) is 8.01. The van der Waals surface area contributed by atoms with Crippen molar-refractivity contribution in [1.82, 2.24) is 5.32 Å². The van der Waals surface area contributed by atoms with Crippen molar-refractivity contribution in [2.75, 3.05) is 6.61 Å². The lowest BCUT2D eigenvalue weighted by Gasteiger charge is -2.43. The van der Waals surface area contributed by atoms with Gasteiger partial charge in [0, 0.05) is 18.7 Å². The second-order valence-corrected chi connectivity index (χ2v) is 6.42. The van der Waals surface area contributed by atoms with Crippen LogP contribution in [0.4, 0.5) is 4.39 Å². The van der Waals surface area contributed by atoms with Gasteiger partial charge in [0.1, 0.15) is 11.6 Å². The van der Waals surface area contributed by atoms with Crippen molar-refractivity contribution >= 4 is 5.91 Å². The normalized spacial score (nSPS) is 24.1. The monoisotopic (exact) mass is 307 g/mol. The van der Waals surface area contributed by atoms with Crippen LogP contribution in [-0.2, 0) is 4.74 Å². The van der Waals surface area contributed by atoms with E-state index in [9.17, 15) is 14.3 Å². The molecule has 5 heteroatoms. The molecule has 1 heterocycles. The second kappa shape index (κ2) is 6.24. The summed E-state index contributed by atoms with van der Waals surface area (Å²) in [5.41, 5.74) is -0.121. The van der Waals surface area contributed by atoms with Crippen LogP contribution >= 0.6 is 0 Å². The fraction of sp³-hybridized carbons (Fsp3) is 0.588. The number of phenols is 1. The zero-order valence-electron chi connectivity index (χ0n) is 12.6. The summed E-state index contributed by atoms with van der Waals surface area (Å²) >= 11 is 0. The molecule has 1 aliphatic heterocycles. The minimum Gasteiger partial charge on any atom is -0.508 e. The number of hydrogen-bond donors (Lipinski definition) is 2. The summed E-state index contributed by atoms with van der Waals surface area (Å²) in [6, 6.07) is 3.62. The Bertz CT molecular complexity index is 549. The van der Waals surface area contributed by atoms with Gasteiger partial charge in [0.2, 0.25) is 0 Å². The summed E-state index contributed by atoms with van der Waals surface area (Å²) in [6.07, 6.45) is 7.26. The molecular formula is C17H22FNO3. The molecule has 0 bridgehead atoms. The maximum Gasteiger partial charge on any atom is 0.254 e. The van der Waals surface area contributed by atoms with Gasteiger partial charge in [-0.05, 0) is 37.8 Å². The molecule has 2 fully saturated rings. The highest BCUT2D eigenvalue weighted by Crippen LogP contribution is 2.38. The third-order valence-corrected chi connectivity index (χ3v) is 4.79. The summed E-state index contributed by atoms with van der Waals surface area (Å²) in [7, 11) is 0. The molecule has 1 amide bonds. The maximum absolute atomic E-state index is 13.8. The number of nitrogens with one attached hydrogen (secondary N) is 1. The molecule has 1 spiro atoms. The Hall–Kier alpha value is -1.62. The number of aromatic hydroxyl groups is 1. The van der Waals surface area contributed by atoms with Crippen molar-refractivity contribution in [3.05, 3.63) is 29.6 Å². The Morgan fingerprint density at radius 1 is 1.32 bits per heavy atom. The fourth-order valence-corrected chi connectivity index (χ4v) is 3.65. The van der Waals surface area contributed by atoms with Gasteiger partial charge in [-0.2, -0.15) is 0 Å². The summed E-state index contributed by atoms with van der Waals surface area (Å²) in [6.45, 7) is 0.642. The van der Waals surface area contributed by atoms with Crippen LogP contribution in [0, 0.1) is 5.82 Å². The van der Waals surface area contributed by atoms with Crippen molar-refractivity contribution < 1.29 is 19.0 Å².